The fourth-order valence-corrected chi connectivity index (χ4v) is 5.95. The van der Waals surface area contributed by atoms with Gasteiger partial charge in [-0.15, -0.1) is 0 Å². The third kappa shape index (κ3) is 8.25. The molecule has 0 radical (unpaired) electrons. The van der Waals surface area contributed by atoms with Gasteiger partial charge in [0.1, 0.15) is 11.8 Å². The number of amides is 2. The molecule has 40 heavy (non-hydrogen) atoms. The summed E-state index contributed by atoms with van der Waals surface area (Å²) >= 11 is 16.2. The van der Waals surface area contributed by atoms with Crippen molar-refractivity contribution in [3.8, 4) is 5.75 Å². The molecule has 1 aliphatic rings. The van der Waals surface area contributed by atoms with Crippen molar-refractivity contribution in [1.82, 2.24) is 10.2 Å². The summed E-state index contributed by atoms with van der Waals surface area (Å²) in [7, 11) is 0. The Morgan fingerprint density at radius 2 is 1.75 bits per heavy atom. The molecule has 0 bridgehead atoms. The van der Waals surface area contributed by atoms with Crippen LogP contribution in [0.4, 0.5) is 0 Å². The zero-order valence-electron chi connectivity index (χ0n) is 22.8. The van der Waals surface area contributed by atoms with E-state index in [2.05, 4.69) is 35.1 Å². The quantitative estimate of drug-likeness (QED) is 0.230. The van der Waals surface area contributed by atoms with Crippen LogP contribution in [0.15, 0.2) is 71.2 Å². The van der Waals surface area contributed by atoms with Gasteiger partial charge in [-0.1, -0.05) is 92.4 Å². The highest BCUT2D eigenvalue weighted by Gasteiger charge is 2.33. The Balaban J connectivity index is 1.63. The molecule has 0 saturated heterocycles. The molecule has 2 amide bonds. The number of carbonyl (C=O) groups is 2. The number of hydrogen-bond acceptors (Lipinski definition) is 3. The predicted molar refractivity (Wildman–Crippen MR) is 165 cm³/mol. The summed E-state index contributed by atoms with van der Waals surface area (Å²) in [6.07, 6.45) is 4.45. The highest BCUT2D eigenvalue weighted by Crippen LogP contribution is 2.30. The van der Waals surface area contributed by atoms with E-state index in [1.165, 1.54) is 0 Å². The third-order valence-corrected chi connectivity index (χ3v) is 8.51. The van der Waals surface area contributed by atoms with Crippen LogP contribution >= 0.6 is 39.1 Å². The van der Waals surface area contributed by atoms with Gasteiger partial charge in [0.2, 0.25) is 5.91 Å². The van der Waals surface area contributed by atoms with Crippen LogP contribution in [-0.4, -0.2) is 35.4 Å². The summed E-state index contributed by atoms with van der Waals surface area (Å²) in [6, 6.07) is 20.1. The van der Waals surface area contributed by atoms with E-state index in [9.17, 15) is 9.59 Å². The van der Waals surface area contributed by atoms with Crippen LogP contribution in [0.5, 0.6) is 5.75 Å². The van der Waals surface area contributed by atoms with E-state index >= 15 is 0 Å². The molecule has 0 heterocycles. The molecule has 1 N–H and O–H groups in total. The van der Waals surface area contributed by atoms with E-state index in [0.717, 1.165) is 41.3 Å². The summed E-state index contributed by atoms with van der Waals surface area (Å²) in [6.45, 7) is 4.15. The SMILES string of the molecule is CC(C)c1ccc(OCC(=O)N(Cc2ccc(Cl)cc2Cl)C(Cc2ccccc2)C(=O)NC2CCCC2)c(Br)c1. The molecular weight excluding hydrogens is 611 g/mol. The van der Waals surface area contributed by atoms with Gasteiger partial charge in [-0.25, -0.2) is 0 Å². The van der Waals surface area contributed by atoms with Gasteiger partial charge < -0.3 is 15.0 Å². The van der Waals surface area contributed by atoms with E-state index < -0.39 is 6.04 Å². The van der Waals surface area contributed by atoms with Gasteiger partial charge in [-0.05, 0) is 75.6 Å². The number of ether oxygens (including phenoxy) is 1. The van der Waals surface area contributed by atoms with Crippen molar-refractivity contribution in [3.05, 3.63) is 97.9 Å². The fourth-order valence-electron chi connectivity index (χ4n) is 4.97. The van der Waals surface area contributed by atoms with Crippen molar-refractivity contribution >= 4 is 50.9 Å². The summed E-state index contributed by atoms with van der Waals surface area (Å²) in [5.41, 5.74) is 2.83. The molecule has 1 saturated carbocycles. The Bertz CT molecular complexity index is 1310. The van der Waals surface area contributed by atoms with E-state index in [-0.39, 0.29) is 31.0 Å². The van der Waals surface area contributed by atoms with Crippen molar-refractivity contribution in [2.24, 2.45) is 0 Å². The third-order valence-electron chi connectivity index (χ3n) is 7.30. The number of rotatable bonds is 11. The van der Waals surface area contributed by atoms with Crippen LogP contribution in [0.25, 0.3) is 0 Å². The van der Waals surface area contributed by atoms with Crippen LogP contribution in [-0.2, 0) is 22.6 Å². The largest absolute Gasteiger partial charge is 0.483 e. The standard InChI is InChI=1S/C32H35BrCl2N2O3/c1-21(2)23-13-15-30(27(33)17-23)40-20-31(38)37(19-24-12-14-25(34)18-28(24)35)29(16-22-8-4-3-5-9-22)32(39)36-26-10-6-7-11-26/h3-5,8-9,12-15,17-18,21,26,29H,6-7,10-11,16,19-20H2,1-2H3,(H,36,39). The second-order valence-electron chi connectivity index (χ2n) is 10.6. The van der Waals surface area contributed by atoms with Crippen LogP contribution in [0.2, 0.25) is 10.0 Å². The maximum Gasteiger partial charge on any atom is 0.261 e. The molecule has 0 spiro atoms. The van der Waals surface area contributed by atoms with Gasteiger partial charge in [-0.3, -0.25) is 9.59 Å². The first kappa shape index (κ1) is 30.4. The molecule has 1 unspecified atom stereocenters. The lowest BCUT2D eigenvalue weighted by atomic mass is 10.0. The van der Waals surface area contributed by atoms with E-state index in [1.807, 2.05) is 48.5 Å². The number of benzene rings is 3. The van der Waals surface area contributed by atoms with Gasteiger partial charge in [0, 0.05) is 29.1 Å². The van der Waals surface area contributed by atoms with Gasteiger partial charge in [0.05, 0.1) is 4.47 Å². The molecule has 0 aliphatic heterocycles. The predicted octanol–water partition coefficient (Wildman–Crippen LogP) is 7.96. The highest BCUT2D eigenvalue weighted by atomic mass is 79.9. The lowest BCUT2D eigenvalue weighted by Crippen LogP contribution is -2.53. The average molecular weight is 646 g/mol. The summed E-state index contributed by atoms with van der Waals surface area (Å²) in [5.74, 6) is 0.450. The van der Waals surface area contributed by atoms with Crippen molar-refractivity contribution in [2.75, 3.05) is 6.61 Å². The number of hydrogen-bond donors (Lipinski definition) is 1. The summed E-state index contributed by atoms with van der Waals surface area (Å²) in [5, 5.41) is 4.15. The lowest BCUT2D eigenvalue weighted by molar-refractivity contribution is -0.143. The molecule has 1 fully saturated rings. The minimum atomic E-state index is -0.752. The first-order chi connectivity index (χ1) is 19.2. The average Bonchev–Trinajstić information content (AvgIpc) is 3.44. The normalized spacial score (nSPS) is 14.2. The Morgan fingerprint density at radius 1 is 1.02 bits per heavy atom. The van der Waals surface area contributed by atoms with E-state index in [0.29, 0.717) is 33.7 Å². The van der Waals surface area contributed by atoms with Crippen LogP contribution in [0.3, 0.4) is 0 Å². The highest BCUT2D eigenvalue weighted by molar-refractivity contribution is 9.10. The Kier molecular flexibility index (Phi) is 10.9. The Hall–Kier alpha value is -2.54. The van der Waals surface area contributed by atoms with Crippen molar-refractivity contribution < 1.29 is 14.3 Å². The Morgan fingerprint density at radius 3 is 2.40 bits per heavy atom. The molecule has 3 aromatic rings. The van der Waals surface area contributed by atoms with Crippen molar-refractivity contribution in [1.29, 1.82) is 0 Å². The lowest BCUT2D eigenvalue weighted by Gasteiger charge is -2.32. The topological polar surface area (TPSA) is 58.6 Å². The summed E-state index contributed by atoms with van der Waals surface area (Å²) in [4.78, 5) is 29.3. The van der Waals surface area contributed by atoms with Crippen LogP contribution < -0.4 is 10.1 Å². The second kappa shape index (κ2) is 14.4. The first-order valence-corrected chi connectivity index (χ1v) is 15.3. The molecule has 4 rings (SSSR count). The molecule has 5 nitrogen and oxygen atoms in total. The monoisotopic (exact) mass is 644 g/mol. The smallest absolute Gasteiger partial charge is 0.261 e. The number of halogens is 3. The molecule has 1 aliphatic carbocycles. The number of nitrogens with one attached hydrogen (secondary N) is 1. The molecule has 212 valence electrons. The zero-order chi connectivity index (χ0) is 28.6. The fraction of sp³-hybridized carbons (Fsp3) is 0.375. The maximum absolute atomic E-state index is 13.9. The number of carbonyl (C=O) groups excluding carboxylic acids is 2. The second-order valence-corrected chi connectivity index (χ2v) is 12.3. The first-order valence-electron chi connectivity index (χ1n) is 13.7. The van der Waals surface area contributed by atoms with Gasteiger partial charge in [-0.2, -0.15) is 0 Å². The molecule has 1 atom stereocenters. The van der Waals surface area contributed by atoms with Gasteiger partial charge in [0.25, 0.3) is 5.91 Å². The van der Waals surface area contributed by atoms with Crippen LogP contribution in [0.1, 0.15) is 62.1 Å². The minimum absolute atomic E-state index is 0.119. The Labute approximate surface area is 255 Å². The van der Waals surface area contributed by atoms with E-state index in [1.54, 1.807) is 23.1 Å². The minimum Gasteiger partial charge on any atom is -0.483 e. The molecule has 8 heteroatoms. The summed E-state index contributed by atoms with van der Waals surface area (Å²) < 4.78 is 6.77. The molecule has 3 aromatic carbocycles. The van der Waals surface area contributed by atoms with Crippen LogP contribution in [0, 0.1) is 0 Å². The zero-order valence-corrected chi connectivity index (χ0v) is 25.9. The maximum atomic E-state index is 13.9. The van der Waals surface area contributed by atoms with Gasteiger partial charge >= 0.3 is 0 Å². The van der Waals surface area contributed by atoms with Gasteiger partial charge in [0.15, 0.2) is 6.61 Å². The van der Waals surface area contributed by atoms with Crippen molar-refractivity contribution in [2.45, 2.75) is 70.5 Å². The number of nitrogens with zero attached hydrogens (tertiary/aromatic N) is 1. The molecular formula is C32H35BrCl2N2O3. The molecule has 0 aromatic heterocycles. The van der Waals surface area contributed by atoms with Crippen molar-refractivity contribution in [3.63, 3.8) is 0 Å². The van der Waals surface area contributed by atoms with E-state index in [4.69, 9.17) is 27.9 Å².